The molecule has 1 saturated heterocycles. The van der Waals surface area contributed by atoms with E-state index >= 15 is 0 Å². The number of carbonyl (C=O) groups is 1. The molecule has 25 heavy (non-hydrogen) atoms. The van der Waals surface area contributed by atoms with E-state index in [1.807, 2.05) is 37.3 Å². The van der Waals surface area contributed by atoms with Crippen molar-refractivity contribution in [2.45, 2.75) is 52.7 Å². The van der Waals surface area contributed by atoms with Gasteiger partial charge in [0.25, 0.3) is 0 Å². The molecule has 0 spiro atoms. The van der Waals surface area contributed by atoms with Crippen LogP contribution in [-0.2, 0) is 11.2 Å². The van der Waals surface area contributed by atoms with Crippen LogP contribution in [0, 0.1) is 12.3 Å². The largest absolute Gasteiger partial charge is 0.339 e. The number of hydrogen-bond acceptors (Lipinski definition) is 5. The molecule has 1 fully saturated rings. The van der Waals surface area contributed by atoms with Gasteiger partial charge in [-0.2, -0.15) is 0 Å². The number of nitrogens with zero attached hydrogens (tertiary/aromatic N) is 3. The van der Waals surface area contributed by atoms with E-state index in [0.29, 0.717) is 11.7 Å². The monoisotopic (exact) mass is 342 g/mol. The summed E-state index contributed by atoms with van der Waals surface area (Å²) in [5.74, 6) is -0.0583. The number of nitrogens with one attached hydrogen (secondary N) is 3. The maximum atomic E-state index is 12.4. The first-order valence-corrected chi connectivity index (χ1v) is 8.61. The van der Waals surface area contributed by atoms with Crippen molar-refractivity contribution in [3.8, 4) is 5.69 Å². The Bertz CT molecular complexity index is 734. The molecule has 0 saturated carbocycles. The van der Waals surface area contributed by atoms with Crippen LogP contribution in [0.25, 0.3) is 5.69 Å². The lowest BCUT2D eigenvalue weighted by atomic mass is 9.85. The molecule has 2 unspecified atom stereocenters. The smallest absolute Gasteiger partial charge is 0.227 e. The topological polar surface area (TPSA) is 83.9 Å². The van der Waals surface area contributed by atoms with Crippen molar-refractivity contribution in [3.63, 3.8) is 0 Å². The van der Waals surface area contributed by atoms with Crippen molar-refractivity contribution >= 4 is 5.91 Å². The maximum Gasteiger partial charge on any atom is 0.227 e. The van der Waals surface area contributed by atoms with E-state index in [1.165, 1.54) is 0 Å². The second-order valence-electron chi connectivity index (χ2n) is 7.61. The Morgan fingerprint density at radius 1 is 1.28 bits per heavy atom. The summed E-state index contributed by atoms with van der Waals surface area (Å²) in [5.41, 5.74) is 9.06. The summed E-state index contributed by atoms with van der Waals surface area (Å²) >= 11 is 0. The molecule has 0 bridgehead atoms. The Balaban J connectivity index is 1.60. The highest BCUT2D eigenvalue weighted by Gasteiger charge is 2.33. The molecule has 7 nitrogen and oxygen atoms in total. The van der Waals surface area contributed by atoms with E-state index in [-0.39, 0.29) is 23.9 Å². The first kappa shape index (κ1) is 17.6. The Morgan fingerprint density at radius 2 is 2.00 bits per heavy atom. The number of rotatable bonds is 4. The number of carbonyl (C=O) groups excluding carboxylic acids is 1. The number of para-hydroxylation sites is 1. The average molecular weight is 342 g/mol. The number of aromatic nitrogens is 3. The molecule has 3 rings (SSSR count). The molecular weight excluding hydrogens is 316 g/mol. The number of hydrazine groups is 1. The van der Waals surface area contributed by atoms with Gasteiger partial charge in [0, 0.05) is 6.04 Å². The molecule has 7 heteroatoms. The van der Waals surface area contributed by atoms with Crippen molar-refractivity contribution in [1.29, 1.82) is 0 Å². The van der Waals surface area contributed by atoms with Crippen molar-refractivity contribution in [1.82, 2.24) is 31.2 Å². The number of benzene rings is 1. The van der Waals surface area contributed by atoms with Gasteiger partial charge in [-0.3, -0.25) is 10.2 Å². The molecular formula is C18H26N6O. The van der Waals surface area contributed by atoms with Crippen LogP contribution >= 0.6 is 0 Å². The van der Waals surface area contributed by atoms with Crippen LogP contribution in [0.2, 0.25) is 0 Å². The van der Waals surface area contributed by atoms with E-state index < -0.39 is 0 Å². The molecule has 3 N–H and O–H groups in total. The Kier molecular flexibility index (Phi) is 4.87. The van der Waals surface area contributed by atoms with Crippen LogP contribution in [-0.4, -0.2) is 33.1 Å². The third-order valence-corrected chi connectivity index (χ3v) is 4.60. The van der Waals surface area contributed by atoms with Crippen molar-refractivity contribution < 1.29 is 4.79 Å². The summed E-state index contributed by atoms with van der Waals surface area (Å²) in [6.45, 7) is 8.48. The molecule has 2 aromatic rings. The van der Waals surface area contributed by atoms with Gasteiger partial charge in [0.2, 0.25) is 5.91 Å². The van der Waals surface area contributed by atoms with Gasteiger partial charge in [-0.15, -0.1) is 5.10 Å². The maximum absolute atomic E-state index is 12.4. The third-order valence-electron chi connectivity index (χ3n) is 4.60. The predicted molar refractivity (Wildman–Crippen MR) is 95.9 cm³/mol. The van der Waals surface area contributed by atoms with Crippen LogP contribution in [0.1, 0.15) is 38.6 Å². The third kappa shape index (κ3) is 4.05. The van der Waals surface area contributed by atoms with E-state index in [0.717, 1.165) is 17.8 Å². The molecule has 1 amide bonds. The molecule has 0 aliphatic carbocycles. The van der Waals surface area contributed by atoms with Crippen LogP contribution in [0.15, 0.2) is 30.3 Å². The standard InChI is InChI=1S/C18H26N6O/c1-12-14(20-23-24(12)13-8-6-5-7-9-13)10-17(25)19-16-11-15(21-22-16)18(2,3)4/h5-9,15-16,21-22H,10-11H2,1-4H3,(H,19,25). The SMILES string of the molecule is Cc1c(CC(=O)NC2CC(C(C)(C)C)NN2)nnn1-c1ccccc1. The molecule has 2 heterocycles. The fourth-order valence-electron chi connectivity index (χ4n) is 2.96. The van der Waals surface area contributed by atoms with Gasteiger partial charge >= 0.3 is 0 Å². The van der Waals surface area contributed by atoms with Gasteiger partial charge in [-0.1, -0.05) is 44.2 Å². The van der Waals surface area contributed by atoms with E-state index in [4.69, 9.17) is 0 Å². The van der Waals surface area contributed by atoms with Gasteiger partial charge in [0.15, 0.2) is 0 Å². The average Bonchev–Trinajstić information content (AvgIpc) is 3.16. The minimum Gasteiger partial charge on any atom is -0.339 e. The van der Waals surface area contributed by atoms with Crippen molar-refractivity contribution in [2.75, 3.05) is 0 Å². The highest BCUT2D eigenvalue weighted by atomic mass is 16.1. The quantitative estimate of drug-likeness (QED) is 0.784. The summed E-state index contributed by atoms with van der Waals surface area (Å²) in [7, 11) is 0. The van der Waals surface area contributed by atoms with Gasteiger partial charge in [-0.25, -0.2) is 10.1 Å². The minimum absolute atomic E-state index is 0.0583. The first-order valence-electron chi connectivity index (χ1n) is 8.61. The van der Waals surface area contributed by atoms with Crippen LogP contribution < -0.4 is 16.2 Å². The minimum atomic E-state index is -0.0683. The number of amides is 1. The predicted octanol–water partition coefficient (Wildman–Crippen LogP) is 1.47. The van der Waals surface area contributed by atoms with Gasteiger partial charge in [0.05, 0.1) is 29.7 Å². The zero-order valence-corrected chi connectivity index (χ0v) is 15.2. The van der Waals surface area contributed by atoms with E-state index in [9.17, 15) is 4.79 Å². The zero-order chi connectivity index (χ0) is 18.0. The van der Waals surface area contributed by atoms with Gasteiger partial charge in [0.1, 0.15) is 0 Å². The summed E-state index contributed by atoms with van der Waals surface area (Å²) in [4.78, 5) is 12.4. The lowest BCUT2D eigenvalue weighted by Crippen LogP contribution is -2.45. The molecule has 134 valence electrons. The molecule has 2 atom stereocenters. The second kappa shape index (κ2) is 6.93. The van der Waals surface area contributed by atoms with Crippen LogP contribution in [0.4, 0.5) is 0 Å². The van der Waals surface area contributed by atoms with Crippen LogP contribution in [0.3, 0.4) is 0 Å². The first-order chi connectivity index (χ1) is 11.8. The molecule has 1 aromatic heterocycles. The molecule has 1 aromatic carbocycles. The van der Waals surface area contributed by atoms with Crippen molar-refractivity contribution in [2.24, 2.45) is 5.41 Å². The molecule has 0 radical (unpaired) electrons. The fourth-order valence-corrected chi connectivity index (χ4v) is 2.96. The van der Waals surface area contributed by atoms with E-state index in [2.05, 4.69) is 47.3 Å². The Labute approximate surface area is 148 Å². The Hall–Kier alpha value is -2.25. The summed E-state index contributed by atoms with van der Waals surface area (Å²) in [5, 5.41) is 11.4. The summed E-state index contributed by atoms with van der Waals surface area (Å²) < 4.78 is 1.76. The van der Waals surface area contributed by atoms with Crippen LogP contribution in [0.5, 0.6) is 0 Å². The number of hydrogen-bond donors (Lipinski definition) is 3. The second-order valence-corrected chi connectivity index (χ2v) is 7.61. The zero-order valence-electron chi connectivity index (χ0n) is 15.2. The molecule has 1 aliphatic rings. The molecule has 1 aliphatic heterocycles. The lowest BCUT2D eigenvalue weighted by molar-refractivity contribution is -0.121. The van der Waals surface area contributed by atoms with Crippen molar-refractivity contribution in [3.05, 3.63) is 41.7 Å². The van der Waals surface area contributed by atoms with Gasteiger partial charge < -0.3 is 5.32 Å². The summed E-state index contributed by atoms with van der Waals surface area (Å²) in [6.07, 6.45) is 1.00. The highest BCUT2D eigenvalue weighted by Crippen LogP contribution is 2.24. The fraction of sp³-hybridized carbons (Fsp3) is 0.500. The highest BCUT2D eigenvalue weighted by molar-refractivity contribution is 5.78. The van der Waals surface area contributed by atoms with Gasteiger partial charge in [-0.05, 0) is 30.9 Å². The lowest BCUT2D eigenvalue weighted by Gasteiger charge is -2.25. The normalized spacial score (nSPS) is 20.6. The van der Waals surface area contributed by atoms with E-state index in [1.54, 1.807) is 4.68 Å². The Morgan fingerprint density at radius 3 is 2.64 bits per heavy atom. The summed E-state index contributed by atoms with van der Waals surface area (Å²) in [6, 6.07) is 10.1.